The van der Waals surface area contributed by atoms with Crippen molar-refractivity contribution in [3.63, 3.8) is 0 Å². The van der Waals surface area contributed by atoms with Gasteiger partial charge in [0.25, 0.3) is 0 Å². The van der Waals surface area contributed by atoms with Crippen molar-refractivity contribution in [3.05, 3.63) is 48.5 Å². The zero-order valence-corrected chi connectivity index (χ0v) is 12.4. The molecule has 0 saturated carbocycles. The zero-order valence-electron chi connectivity index (χ0n) is 11.5. The number of para-hydroxylation sites is 2. The van der Waals surface area contributed by atoms with Gasteiger partial charge in [0.05, 0.1) is 11.4 Å². The van der Waals surface area contributed by atoms with Crippen molar-refractivity contribution >= 4 is 29.0 Å². The number of benzene rings is 2. The molecule has 1 aliphatic rings. The summed E-state index contributed by atoms with van der Waals surface area (Å²) in [4.78, 5) is 14.3. The van der Waals surface area contributed by atoms with E-state index in [1.54, 1.807) is 23.7 Å². The Morgan fingerprint density at radius 3 is 2.00 bits per heavy atom. The van der Waals surface area contributed by atoms with Crippen LogP contribution in [0.1, 0.15) is 13.8 Å². The number of nitrogens with zero attached hydrogens (tertiary/aromatic N) is 2. The first-order valence-corrected chi connectivity index (χ1v) is 7.48. The molecule has 0 spiro atoms. The van der Waals surface area contributed by atoms with Crippen molar-refractivity contribution in [1.82, 2.24) is 5.01 Å². The highest BCUT2D eigenvalue weighted by molar-refractivity contribution is 7.99. The quantitative estimate of drug-likeness (QED) is 0.830. The number of carbonyl (C=O) groups is 1. The van der Waals surface area contributed by atoms with Crippen LogP contribution in [0.3, 0.4) is 0 Å². The van der Waals surface area contributed by atoms with Crippen LogP contribution in [0.4, 0.5) is 11.4 Å². The maximum absolute atomic E-state index is 12.0. The summed E-state index contributed by atoms with van der Waals surface area (Å²) in [6, 6.07) is 16.4. The average molecular weight is 284 g/mol. The highest BCUT2D eigenvalue weighted by Gasteiger charge is 2.28. The molecule has 4 heteroatoms. The minimum Gasteiger partial charge on any atom is -0.273 e. The third-order valence-electron chi connectivity index (χ3n) is 3.31. The predicted molar refractivity (Wildman–Crippen MR) is 82.2 cm³/mol. The Labute approximate surface area is 123 Å². The van der Waals surface area contributed by atoms with Crippen LogP contribution in [0, 0.1) is 0 Å². The van der Waals surface area contributed by atoms with E-state index in [9.17, 15) is 4.79 Å². The van der Waals surface area contributed by atoms with E-state index in [0.717, 1.165) is 11.4 Å². The minimum absolute atomic E-state index is 0.0454. The largest absolute Gasteiger partial charge is 0.273 e. The van der Waals surface area contributed by atoms with E-state index >= 15 is 0 Å². The Morgan fingerprint density at radius 1 is 1.05 bits per heavy atom. The van der Waals surface area contributed by atoms with Crippen LogP contribution in [-0.4, -0.2) is 17.5 Å². The topological polar surface area (TPSA) is 23.6 Å². The molecule has 0 aliphatic carbocycles. The highest BCUT2D eigenvalue weighted by Crippen LogP contribution is 2.48. The van der Waals surface area contributed by atoms with Crippen molar-refractivity contribution in [2.24, 2.45) is 0 Å². The molecule has 1 heterocycles. The summed E-state index contributed by atoms with van der Waals surface area (Å²) < 4.78 is 0. The van der Waals surface area contributed by atoms with E-state index in [1.165, 1.54) is 9.79 Å². The van der Waals surface area contributed by atoms with Crippen molar-refractivity contribution in [2.45, 2.75) is 23.6 Å². The van der Waals surface area contributed by atoms with E-state index in [0.29, 0.717) is 6.54 Å². The number of hydrogen-bond donors (Lipinski definition) is 0. The molecule has 0 unspecified atom stereocenters. The summed E-state index contributed by atoms with van der Waals surface area (Å²) >= 11 is 1.75. The van der Waals surface area contributed by atoms with Gasteiger partial charge in [-0.25, -0.2) is 10.0 Å². The van der Waals surface area contributed by atoms with Crippen LogP contribution in [-0.2, 0) is 4.79 Å². The second-order valence-corrected chi connectivity index (χ2v) is 5.67. The number of hydrazine groups is 1. The summed E-state index contributed by atoms with van der Waals surface area (Å²) in [6.07, 6.45) is 0. The van der Waals surface area contributed by atoms with E-state index < -0.39 is 0 Å². The highest BCUT2D eigenvalue weighted by atomic mass is 32.2. The fourth-order valence-electron chi connectivity index (χ4n) is 2.45. The number of amides is 1. The summed E-state index contributed by atoms with van der Waals surface area (Å²) in [7, 11) is 0. The Hall–Kier alpha value is -1.94. The fraction of sp³-hybridized carbons (Fsp3) is 0.188. The van der Waals surface area contributed by atoms with Gasteiger partial charge >= 0.3 is 0 Å². The molecule has 0 atom stereocenters. The van der Waals surface area contributed by atoms with Gasteiger partial charge in [-0.15, -0.1) is 0 Å². The first-order chi connectivity index (χ1) is 9.72. The lowest BCUT2D eigenvalue weighted by atomic mass is 10.2. The van der Waals surface area contributed by atoms with Crippen LogP contribution in [0.5, 0.6) is 0 Å². The van der Waals surface area contributed by atoms with Crippen molar-refractivity contribution < 1.29 is 4.79 Å². The molecule has 0 bridgehead atoms. The summed E-state index contributed by atoms with van der Waals surface area (Å²) in [6.45, 7) is 4.24. The van der Waals surface area contributed by atoms with Crippen LogP contribution in [0.2, 0.25) is 0 Å². The molecule has 2 aromatic carbocycles. The third-order valence-corrected chi connectivity index (χ3v) is 4.44. The van der Waals surface area contributed by atoms with E-state index in [1.807, 2.05) is 36.2 Å². The molecule has 3 nitrogen and oxygen atoms in total. The third kappa shape index (κ3) is 2.06. The second-order valence-electron chi connectivity index (χ2n) is 4.58. The Kier molecular flexibility index (Phi) is 3.40. The number of fused-ring (bicyclic) bond motifs is 2. The van der Waals surface area contributed by atoms with Gasteiger partial charge in [0.1, 0.15) is 0 Å². The summed E-state index contributed by atoms with van der Waals surface area (Å²) in [5, 5.41) is 3.81. The molecule has 0 radical (unpaired) electrons. The lowest BCUT2D eigenvalue weighted by Crippen LogP contribution is -2.43. The number of carbonyl (C=O) groups excluding carboxylic acids is 1. The molecule has 0 N–H and O–H groups in total. The van der Waals surface area contributed by atoms with Crippen molar-refractivity contribution in [2.75, 3.05) is 11.6 Å². The standard InChI is InChI=1S/C16H16N2OS/c1-3-17(12(2)19)18-13-8-4-6-10-15(13)20-16-11-7-5-9-14(16)18/h4-11H,3H2,1-2H3. The molecular formula is C16H16N2OS. The molecular weight excluding hydrogens is 268 g/mol. The molecule has 0 saturated heterocycles. The lowest BCUT2D eigenvalue weighted by Gasteiger charge is -2.39. The van der Waals surface area contributed by atoms with Crippen LogP contribution >= 0.6 is 11.8 Å². The van der Waals surface area contributed by atoms with Gasteiger partial charge in [0.15, 0.2) is 0 Å². The number of rotatable bonds is 2. The van der Waals surface area contributed by atoms with Crippen LogP contribution in [0.25, 0.3) is 0 Å². The SMILES string of the molecule is CCN(C(C)=O)N1c2ccccc2Sc2ccccc21. The van der Waals surface area contributed by atoms with E-state index in [4.69, 9.17) is 0 Å². The molecule has 20 heavy (non-hydrogen) atoms. The molecule has 1 amide bonds. The molecule has 102 valence electrons. The van der Waals surface area contributed by atoms with Gasteiger partial charge < -0.3 is 0 Å². The monoisotopic (exact) mass is 284 g/mol. The second kappa shape index (κ2) is 5.21. The smallest absolute Gasteiger partial charge is 0.238 e. The Balaban J connectivity index is 2.19. The first-order valence-electron chi connectivity index (χ1n) is 6.66. The molecule has 0 aromatic heterocycles. The van der Waals surface area contributed by atoms with Gasteiger partial charge in [0.2, 0.25) is 5.91 Å². The van der Waals surface area contributed by atoms with Gasteiger partial charge in [-0.05, 0) is 31.2 Å². The molecule has 3 rings (SSSR count). The van der Waals surface area contributed by atoms with Crippen LogP contribution in [0.15, 0.2) is 58.3 Å². The average Bonchev–Trinajstić information content (AvgIpc) is 2.47. The summed E-state index contributed by atoms with van der Waals surface area (Å²) in [5.74, 6) is 0.0454. The Morgan fingerprint density at radius 2 is 1.55 bits per heavy atom. The van der Waals surface area contributed by atoms with Crippen molar-refractivity contribution in [1.29, 1.82) is 0 Å². The maximum atomic E-state index is 12.0. The predicted octanol–water partition coefficient (Wildman–Crippen LogP) is 4.07. The molecule has 2 aromatic rings. The van der Waals surface area contributed by atoms with Gasteiger partial charge in [0, 0.05) is 23.3 Å². The van der Waals surface area contributed by atoms with Crippen LogP contribution < -0.4 is 5.01 Å². The van der Waals surface area contributed by atoms with Gasteiger partial charge in [-0.3, -0.25) is 4.79 Å². The fourth-order valence-corrected chi connectivity index (χ4v) is 3.50. The normalized spacial score (nSPS) is 12.6. The maximum Gasteiger partial charge on any atom is 0.238 e. The van der Waals surface area contributed by atoms with Crippen molar-refractivity contribution in [3.8, 4) is 0 Å². The van der Waals surface area contributed by atoms with E-state index in [-0.39, 0.29) is 5.91 Å². The zero-order chi connectivity index (χ0) is 14.1. The first kappa shape index (κ1) is 13.1. The lowest BCUT2D eigenvalue weighted by molar-refractivity contribution is -0.128. The minimum atomic E-state index is 0.0454. The van der Waals surface area contributed by atoms with Gasteiger partial charge in [-0.2, -0.15) is 0 Å². The number of anilines is 2. The van der Waals surface area contributed by atoms with E-state index in [2.05, 4.69) is 24.3 Å². The van der Waals surface area contributed by atoms with Gasteiger partial charge in [-0.1, -0.05) is 36.0 Å². The summed E-state index contributed by atoms with van der Waals surface area (Å²) in [5.41, 5.74) is 2.13. The molecule has 1 aliphatic heterocycles. The molecule has 0 fully saturated rings. The number of hydrogen-bond acceptors (Lipinski definition) is 3. The Bertz CT molecular complexity index is 611.